The van der Waals surface area contributed by atoms with Gasteiger partial charge in [0, 0.05) is 11.8 Å². The highest BCUT2D eigenvalue weighted by atomic mass is 35.5. The average Bonchev–Trinajstić information content (AvgIpc) is 2.54. The maximum atomic E-state index is 11.9. The zero-order chi connectivity index (χ0) is 16.8. The summed E-state index contributed by atoms with van der Waals surface area (Å²) in [5.74, 6) is 0.758. The Morgan fingerprint density at radius 1 is 1.13 bits per heavy atom. The van der Waals surface area contributed by atoms with Gasteiger partial charge in [-0.05, 0) is 42.8 Å². The predicted molar refractivity (Wildman–Crippen MR) is 93.4 cm³/mol. The number of amides is 1. The molecular formula is C18H18ClNO3. The van der Waals surface area contributed by atoms with Crippen LogP contribution in [0.2, 0.25) is 5.02 Å². The first-order chi connectivity index (χ1) is 11.0. The van der Waals surface area contributed by atoms with Gasteiger partial charge < -0.3 is 14.8 Å². The zero-order valence-corrected chi connectivity index (χ0v) is 14.0. The number of anilines is 1. The number of ether oxygens (including phenoxy) is 2. The van der Waals surface area contributed by atoms with Gasteiger partial charge in [0.2, 0.25) is 5.91 Å². The molecule has 0 saturated carbocycles. The molecule has 120 valence electrons. The van der Waals surface area contributed by atoms with E-state index in [4.69, 9.17) is 21.1 Å². The number of carbonyl (C=O) groups is 1. The third kappa shape index (κ3) is 4.50. The molecule has 5 heteroatoms. The van der Waals surface area contributed by atoms with E-state index in [-0.39, 0.29) is 5.91 Å². The van der Waals surface area contributed by atoms with Gasteiger partial charge in [-0.3, -0.25) is 4.79 Å². The number of benzene rings is 2. The van der Waals surface area contributed by atoms with Crippen LogP contribution < -0.4 is 14.8 Å². The van der Waals surface area contributed by atoms with Crippen LogP contribution in [0.3, 0.4) is 0 Å². The molecule has 0 aliphatic carbocycles. The SMILES string of the molecule is COc1cc(/C=C/C(=O)Nc2ccc(C)cc2)cc(Cl)c1OC. The molecule has 0 aliphatic rings. The fourth-order valence-electron chi connectivity index (χ4n) is 2.03. The molecule has 2 rings (SSSR count). The van der Waals surface area contributed by atoms with Crippen LogP contribution in [0.5, 0.6) is 11.5 Å². The van der Waals surface area contributed by atoms with Crippen LogP contribution in [-0.4, -0.2) is 20.1 Å². The van der Waals surface area contributed by atoms with Crippen LogP contribution in [0.4, 0.5) is 5.69 Å². The van der Waals surface area contributed by atoms with E-state index in [9.17, 15) is 4.79 Å². The van der Waals surface area contributed by atoms with Gasteiger partial charge in [0.25, 0.3) is 0 Å². The molecule has 2 aromatic carbocycles. The minimum atomic E-state index is -0.222. The predicted octanol–water partition coefficient (Wildman–Crippen LogP) is 4.32. The number of carbonyl (C=O) groups excluding carboxylic acids is 1. The number of methoxy groups -OCH3 is 2. The Hall–Kier alpha value is -2.46. The summed E-state index contributed by atoms with van der Waals surface area (Å²) in [7, 11) is 3.06. The van der Waals surface area contributed by atoms with Crippen molar-refractivity contribution in [2.24, 2.45) is 0 Å². The Morgan fingerprint density at radius 3 is 2.43 bits per heavy atom. The van der Waals surface area contributed by atoms with Crippen LogP contribution in [-0.2, 0) is 4.79 Å². The van der Waals surface area contributed by atoms with Crippen LogP contribution in [0.1, 0.15) is 11.1 Å². The monoisotopic (exact) mass is 331 g/mol. The van der Waals surface area contributed by atoms with Gasteiger partial charge >= 0.3 is 0 Å². The van der Waals surface area contributed by atoms with Crippen molar-refractivity contribution in [3.63, 3.8) is 0 Å². The molecule has 0 radical (unpaired) electrons. The Kier molecular flexibility index (Phi) is 5.66. The molecule has 0 aromatic heterocycles. The standard InChI is InChI=1S/C18H18ClNO3/c1-12-4-7-14(8-5-12)20-17(21)9-6-13-10-15(19)18(23-3)16(11-13)22-2/h4-11H,1-3H3,(H,20,21)/b9-6+. The molecule has 0 heterocycles. The fourth-order valence-corrected chi connectivity index (χ4v) is 2.32. The first-order valence-electron chi connectivity index (χ1n) is 7.00. The second-order valence-electron chi connectivity index (χ2n) is 4.93. The zero-order valence-electron chi connectivity index (χ0n) is 13.2. The average molecular weight is 332 g/mol. The second-order valence-corrected chi connectivity index (χ2v) is 5.33. The van der Waals surface area contributed by atoms with E-state index in [1.807, 2.05) is 31.2 Å². The van der Waals surface area contributed by atoms with Crippen LogP contribution in [0.25, 0.3) is 6.08 Å². The van der Waals surface area contributed by atoms with Gasteiger partial charge in [-0.1, -0.05) is 29.3 Å². The highest BCUT2D eigenvalue weighted by Gasteiger charge is 2.09. The molecule has 0 unspecified atom stereocenters. The maximum absolute atomic E-state index is 11.9. The normalized spacial score (nSPS) is 10.6. The topological polar surface area (TPSA) is 47.6 Å². The van der Waals surface area contributed by atoms with Gasteiger partial charge in [-0.25, -0.2) is 0 Å². The molecule has 0 saturated heterocycles. The highest BCUT2D eigenvalue weighted by Crippen LogP contribution is 2.36. The molecule has 0 spiro atoms. The van der Waals surface area contributed by atoms with Crippen LogP contribution in [0, 0.1) is 6.92 Å². The third-order valence-corrected chi connectivity index (χ3v) is 3.48. The lowest BCUT2D eigenvalue weighted by molar-refractivity contribution is -0.111. The van der Waals surface area contributed by atoms with Gasteiger partial charge in [-0.15, -0.1) is 0 Å². The summed E-state index contributed by atoms with van der Waals surface area (Å²) in [6, 6.07) is 11.0. The van der Waals surface area contributed by atoms with E-state index in [1.54, 1.807) is 18.2 Å². The number of rotatable bonds is 5. The quantitative estimate of drug-likeness (QED) is 0.830. The number of halogens is 1. The molecule has 2 aromatic rings. The number of hydrogen-bond acceptors (Lipinski definition) is 3. The minimum absolute atomic E-state index is 0.222. The van der Waals surface area contributed by atoms with E-state index < -0.39 is 0 Å². The number of hydrogen-bond donors (Lipinski definition) is 1. The smallest absolute Gasteiger partial charge is 0.248 e. The molecule has 23 heavy (non-hydrogen) atoms. The summed E-state index contributed by atoms with van der Waals surface area (Å²) in [4.78, 5) is 11.9. The van der Waals surface area contributed by atoms with E-state index in [0.717, 1.165) is 16.8 Å². The molecule has 0 aliphatic heterocycles. The Bertz CT molecular complexity index is 724. The van der Waals surface area contributed by atoms with Crippen LogP contribution >= 0.6 is 11.6 Å². The van der Waals surface area contributed by atoms with Gasteiger partial charge in [0.15, 0.2) is 11.5 Å². The van der Waals surface area contributed by atoms with Crippen molar-refractivity contribution in [1.82, 2.24) is 0 Å². The van der Waals surface area contributed by atoms with E-state index in [2.05, 4.69) is 5.32 Å². The summed E-state index contributed by atoms with van der Waals surface area (Å²) >= 11 is 6.13. The van der Waals surface area contributed by atoms with Crippen molar-refractivity contribution in [2.75, 3.05) is 19.5 Å². The van der Waals surface area contributed by atoms with Gasteiger partial charge in [0.05, 0.1) is 19.2 Å². The van der Waals surface area contributed by atoms with Gasteiger partial charge in [-0.2, -0.15) is 0 Å². The Morgan fingerprint density at radius 2 is 1.83 bits per heavy atom. The molecule has 0 bridgehead atoms. The van der Waals surface area contributed by atoms with E-state index in [0.29, 0.717) is 16.5 Å². The maximum Gasteiger partial charge on any atom is 0.248 e. The van der Waals surface area contributed by atoms with Gasteiger partial charge in [0.1, 0.15) is 0 Å². The second kappa shape index (κ2) is 7.70. The lowest BCUT2D eigenvalue weighted by atomic mass is 10.2. The molecule has 0 atom stereocenters. The third-order valence-electron chi connectivity index (χ3n) is 3.20. The lowest BCUT2D eigenvalue weighted by Gasteiger charge is -2.10. The van der Waals surface area contributed by atoms with Crippen LogP contribution in [0.15, 0.2) is 42.5 Å². The van der Waals surface area contributed by atoms with Crippen molar-refractivity contribution in [2.45, 2.75) is 6.92 Å². The van der Waals surface area contributed by atoms with E-state index in [1.165, 1.54) is 20.3 Å². The summed E-state index contributed by atoms with van der Waals surface area (Å²) in [5.41, 5.74) is 2.63. The van der Waals surface area contributed by atoms with Crippen molar-refractivity contribution < 1.29 is 14.3 Å². The number of aryl methyl sites for hydroxylation is 1. The number of nitrogens with one attached hydrogen (secondary N) is 1. The molecule has 0 fully saturated rings. The van der Waals surface area contributed by atoms with Crippen molar-refractivity contribution in [1.29, 1.82) is 0 Å². The first-order valence-corrected chi connectivity index (χ1v) is 7.38. The molecule has 1 amide bonds. The van der Waals surface area contributed by atoms with E-state index >= 15 is 0 Å². The molecule has 1 N–H and O–H groups in total. The first kappa shape index (κ1) is 16.9. The largest absolute Gasteiger partial charge is 0.493 e. The van der Waals surface area contributed by atoms with Crippen molar-refractivity contribution in [3.05, 3.63) is 58.6 Å². The van der Waals surface area contributed by atoms with Crippen molar-refractivity contribution in [3.8, 4) is 11.5 Å². The Labute approximate surface area is 140 Å². The molecular weight excluding hydrogens is 314 g/mol. The summed E-state index contributed by atoms with van der Waals surface area (Å²) in [6.45, 7) is 1.99. The van der Waals surface area contributed by atoms with Crippen molar-refractivity contribution >= 4 is 29.3 Å². The summed E-state index contributed by atoms with van der Waals surface area (Å²) in [5, 5.41) is 3.21. The summed E-state index contributed by atoms with van der Waals surface area (Å²) in [6.07, 6.45) is 3.11. The Balaban J connectivity index is 2.11. The lowest BCUT2D eigenvalue weighted by Crippen LogP contribution is -2.07. The fraction of sp³-hybridized carbons (Fsp3) is 0.167. The highest BCUT2D eigenvalue weighted by molar-refractivity contribution is 6.32. The molecule has 4 nitrogen and oxygen atoms in total. The summed E-state index contributed by atoms with van der Waals surface area (Å²) < 4.78 is 10.4. The minimum Gasteiger partial charge on any atom is -0.493 e.